The SMILES string of the molecule is CCNC(C)(C)C(=O)N1CCc2[nH]c3ccccc3c2C1. The number of para-hydroxylation sites is 1. The van der Waals surface area contributed by atoms with Crippen LogP contribution in [0.15, 0.2) is 24.3 Å². The number of carbonyl (C=O) groups excluding carboxylic acids is 1. The van der Waals surface area contributed by atoms with E-state index in [-0.39, 0.29) is 5.91 Å². The van der Waals surface area contributed by atoms with E-state index in [1.54, 1.807) is 0 Å². The summed E-state index contributed by atoms with van der Waals surface area (Å²) in [5.74, 6) is 0.181. The highest BCUT2D eigenvalue weighted by Crippen LogP contribution is 2.28. The molecule has 0 saturated heterocycles. The summed E-state index contributed by atoms with van der Waals surface area (Å²) in [7, 11) is 0. The van der Waals surface area contributed by atoms with E-state index in [0.29, 0.717) is 6.54 Å². The van der Waals surface area contributed by atoms with Gasteiger partial charge in [0.1, 0.15) is 0 Å². The predicted molar refractivity (Wildman–Crippen MR) is 85.2 cm³/mol. The van der Waals surface area contributed by atoms with Crippen molar-refractivity contribution in [3.8, 4) is 0 Å². The molecule has 0 aliphatic carbocycles. The van der Waals surface area contributed by atoms with Gasteiger partial charge in [0.25, 0.3) is 0 Å². The lowest BCUT2D eigenvalue weighted by molar-refractivity contribution is -0.138. The Bertz CT molecular complexity index is 672. The minimum Gasteiger partial charge on any atom is -0.358 e. The van der Waals surface area contributed by atoms with Gasteiger partial charge < -0.3 is 15.2 Å². The van der Waals surface area contributed by atoms with Crippen molar-refractivity contribution in [1.82, 2.24) is 15.2 Å². The molecular formula is C17H23N3O. The summed E-state index contributed by atoms with van der Waals surface area (Å²) in [5.41, 5.74) is 3.22. The lowest BCUT2D eigenvalue weighted by atomic mass is 9.99. The van der Waals surface area contributed by atoms with Gasteiger partial charge in [-0.1, -0.05) is 25.1 Å². The molecule has 2 N–H and O–H groups in total. The summed E-state index contributed by atoms with van der Waals surface area (Å²) in [5, 5.41) is 4.52. The average Bonchev–Trinajstić information content (AvgIpc) is 2.84. The first-order chi connectivity index (χ1) is 10.0. The number of nitrogens with one attached hydrogen (secondary N) is 2. The van der Waals surface area contributed by atoms with Gasteiger partial charge in [0.15, 0.2) is 0 Å². The summed E-state index contributed by atoms with van der Waals surface area (Å²) < 4.78 is 0. The van der Waals surface area contributed by atoms with Crippen LogP contribution in [0.25, 0.3) is 10.9 Å². The van der Waals surface area contributed by atoms with Gasteiger partial charge in [-0.2, -0.15) is 0 Å². The Labute approximate surface area is 125 Å². The molecule has 1 aromatic carbocycles. The number of hydrogen-bond donors (Lipinski definition) is 2. The maximum absolute atomic E-state index is 12.7. The van der Waals surface area contributed by atoms with Crippen molar-refractivity contribution in [2.24, 2.45) is 0 Å². The average molecular weight is 285 g/mol. The molecule has 1 aliphatic rings. The highest BCUT2D eigenvalue weighted by Gasteiger charge is 2.33. The van der Waals surface area contributed by atoms with Crippen LogP contribution in [-0.4, -0.2) is 34.4 Å². The standard InChI is InChI=1S/C17H23N3O/c1-4-18-17(2,3)16(21)20-10-9-15-13(11-20)12-7-5-6-8-14(12)19-15/h5-8,18-19H,4,9-11H2,1-3H3. The lowest BCUT2D eigenvalue weighted by Crippen LogP contribution is -2.54. The molecule has 4 nitrogen and oxygen atoms in total. The third-order valence-corrected chi connectivity index (χ3v) is 4.32. The minimum absolute atomic E-state index is 0.181. The number of aromatic nitrogens is 1. The van der Waals surface area contributed by atoms with Crippen molar-refractivity contribution in [3.63, 3.8) is 0 Å². The van der Waals surface area contributed by atoms with Crippen LogP contribution in [0.5, 0.6) is 0 Å². The number of aromatic amines is 1. The minimum atomic E-state index is -0.502. The summed E-state index contributed by atoms with van der Waals surface area (Å²) >= 11 is 0. The number of nitrogens with zero attached hydrogens (tertiary/aromatic N) is 1. The molecule has 1 amide bonds. The molecule has 0 bridgehead atoms. The second-order valence-corrected chi connectivity index (χ2v) is 6.26. The number of benzene rings is 1. The van der Waals surface area contributed by atoms with Gasteiger partial charge in [-0.3, -0.25) is 4.79 Å². The topological polar surface area (TPSA) is 48.1 Å². The summed E-state index contributed by atoms with van der Waals surface area (Å²) in [6, 6.07) is 8.33. The first-order valence-electron chi connectivity index (χ1n) is 7.66. The molecule has 0 unspecified atom stereocenters. The van der Waals surface area contributed by atoms with Gasteiger partial charge >= 0.3 is 0 Å². The number of rotatable bonds is 3. The van der Waals surface area contributed by atoms with Crippen LogP contribution >= 0.6 is 0 Å². The molecule has 1 aromatic heterocycles. The molecule has 0 radical (unpaired) electrons. The third-order valence-electron chi connectivity index (χ3n) is 4.32. The Morgan fingerprint density at radius 3 is 2.90 bits per heavy atom. The Morgan fingerprint density at radius 2 is 2.14 bits per heavy atom. The second-order valence-electron chi connectivity index (χ2n) is 6.26. The molecule has 0 saturated carbocycles. The number of likely N-dealkylation sites (N-methyl/N-ethyl adjacent to an activating group) is 1. The van der Waals surface area contributed by atoms with Crippen molar-refractivity contribution >= 4 is 16.8 Å². The lowest BCUT2D eigenvalue weighted by Gasteiger charge is -2.34. The van der Waals surface area contributed by atoms with Crippen LogP contribution < -0.4 is 5.32 Å². The largest absolute Gasteiger partial charge is 0.358 e. The fourth-order valence-electron chi connectivity index (χ4n) is 3.25. The molecule has 0 fully saturated rings. The number of carbonyl (C=O) groups is 1. The molecule has 0 atom stereocenters. The van der Waals surface area contributed by atoms with Crippen molar-refractivity contribution in [1.29, 1.82) is 0 Å². The van der Waals surface area contributed by atoms with Crippen LogP contribution in [-0.2, 0) is 17.8 Å². The third kappa shape index (κ3) is 2.44. The zero-order valence-electron chi connectivity index (χ0n) is 13.0. The van der Waals surface area contributed by atoms with Crippen molar-refractivity contribution in [3.05, 3.63) is 35.5 Å². The maximum atomic E-state index is 12.7. The Hall–Kier alpha value is -1.81. The van der Waals surface area contributed by atoms with Crippen molar-refractivity contribution in [2.75, 3.05) is 13.1 Å². The van der Waals surface area contributed by atoms with E-state index in [2.05, 4.69) is 28.5 Å². The van der Waals surface area contributed by atoms with Crippen LogP contribution in [0.4, 0.5) is 0 Å². The molecule has 2 aromatic rings. The fourth-order valence-corrected chi connectivity index (χ4v) is 3.25. The van der Waals surface area contributed by atoms with Gasteiger partial charge in [-0.25, -0.2) is 0 Å². The zero-order chi connectivity index (χ0) is 15.0. The van der Waals surface area contributed by atoms with Gasteiger partial charge in [-0.15, -0.1) is 0 Å². The van der Waals surface area contributed by atoms with E-state index in [1.165, 1.54) is 22.2 Å². The molecule has 21 heavy (non-hydrogen) atoms. The monoisotopic (exact) mass is 285 g/mol. The van der Waals surface area contributed by atoms with E-state index < -0.39 is 5.54 Å². The van der Waals surface area contributed by atoms with E-state index in [9.17, 15) is 4.79 Å². The number of fused-ring (bicyclic) bond motifs is 3. The van der Waals surface area contributed by atoms with Crippen molar-refractivity contribution < 1.29 is 4.79 Å². The van der Waals surface area contributed by atoms with Crippen LogP contribution in [0.3, 0.4) is 0 Å². The predicted octanol–water partition coefficient (Wildman–Crippen LogP) is 2.44. The van der Waals surface area contributed by atoms with Crippen molar-refractivity contribution in [2.45, 2.75) is 39.3 Å². The summed E-state index contributed by atoms with van der Waals surface area (Å²) in [6.07, 6.45) is 0.901. The molecule has 3 rings (SSSR count). The normalized spacial score (nSPS) is 15.3. The van der Waals surface area contributed by atoms with Gasteiger partial charge in [0.2, 0.25) is 5.91 Å². The van der Waals surface area contributed by atoms with Gasteiger partial charge in [-0.05, 0) is 26.5 Å². The number of H-pyrrole nitrogens is 1. The maximum Gasteiger partial charge on any atom is 0.242 e. The summed E-state index contributed by atoms with van der Waals surface area (Å²) in [4.78, 5) is 18.2. The second kappa shape index (κ2) is 5.19. The number of hydrogen-bond acceptors (Lipinski definition) is 2. The molecular weight excluding hydrogens is 262 g/mol. The molecule has 0 spiro atoms. The Balaban J connectivity index is 1.89. The molecule has 112 valence electrons. The quantitative estimate of drug-likeness (QED) is 0.910. The zero-order valence-corrected chi connectivity index (χ0v) is 13.0. The molecule has 2 heterocycles. The smallest absolute Gasteiger partial charge is 0.242 e. The van der Waals surface area contributed by atoms with Crippen LogP contribution in [0.2, 0.25) is 0 Å². The highest BCUT2D eigenvalue weighted by molar-refractivity contribution is 5.88. The fraction of sp³-hybridized carbons (Fsp3) is 0.471. The van der Waals surface area contributed by atoms with E-state index >= 15 is 0 Å². The molecule has 1 aliphatic heterocycles. The Morgan fingerprint density at radius 1 is 1.38 bits per heavy atom. The summed E-state index contributed by atoms with van der Waals surface area (Å²) in [6.45, 7) is 8.24. The highest BCUT2D eigenvalue weighted by atomic mass is 16.2. The van der Waals surface area contributed by atoms with Gasteiger partial charge in [0, 0.05) is 41.7 Å². The number of amides is 1. The Kier molecular flexibility index (Phi) is 3.49. The van der Waals surface area contributed by atoms with E-state index in [1.807, 2.05) is 31.7 Å². The molecule has 4 heteroatoms. The van der Waals surface area contributed by atoms with Crippen LogP contribution in [0.1, 0.15) is 32.0 Å². The van der Waals surface area contributed by atoms with Gasteiger partial charge in [0.05, 0.1) is 5.54 Å². The first-order valence-corrected chi connectivity index (χ1v) is 7.66. The van der Waals surface area contributed by atoms with Crippen LogP contribution in [0, 0.1) is 0 Å². The van der Waals surface area contributed by atoms with E-state index in [4.69, 9.17) is 0 Å². The van der Waals surface area contributed by atoms with E-state index in [0.717, 1.165) is 19.5 Å². The first kappa shape index (κ1) is 14.1.